The zero-order chi connectivity index (χ0) is 21.1. The molecule has 7 nitrogen and oxygen atoms in total. The molecule has 1 aromatic heterocycles. The Balaban J connectivity index is 1.38. The van der Waals surface area contributed by atoms with Gasteiger partial charge in [0.15, 0.2) is 0 Å². The molecule has 0 aliphatic carbocycles. The van der Waals surface area contributed by atoms with Crippen molar-refractivity contribution in [2.75, 3.05) is 29.4 Å². The number of H-pyrrole nitrogens is 1. The molecule has 0 spiro atoms. The number of carbonyl (C=O) groups excluding carboxylic acids is 1. The fraction of sp³-hybridized carbons (Fsp3) is 0.522. The fourth-order valence-electron chi connectivity index (χ4n) is 4.15. The third-order valence-electron chi connectivity index (χ3n) is 6.21. The van der Waals surface area contributed by atoms with Gasteiger partial charge >= 0.3 is 0 Å². The molecule has 2 fully saturated rings. The van der Waals surface area contributed by atoms with E-state index in [4.69, 9.17) is 4.98 Å². The quantitative estimate of drug-likeness (QED) is 0.767. The van der Waals surface area contributed by atoms with Gasteiger partial charge in [-0.1, -0.05) is 19.1 Å². The number of hydrogen-bond acceptors (Lipinski definition) is 5. The van der Waals surface area contributed by atoms with E-state index in [0.717, 1.165) is 61.8 Å². The molecule has 0 bridgehead atoms. The highest BCUT2D eigenvalue weighted by Crippen LogP contribution is 2.22. The Kier molecular flexibility index (Phi) is 6.18. The summed E-state index contributed by atoms with van der Waals surface area (Å²) >= 11 is 0. The Bertz CT molecular complexity index is 931. The van der Waals surface area contributed by atoms with Gasteiger partial charge in [0.05, 0.1) is 5.69 Å². The topological polar surface area (TPSA) is 81.3 Å². The van der Waals surface area contributed by atoms with Crippen LogP contribution in [-0.2, 0) is 11.3 Å². The molecular formula is C23H31N5O2. The highest BCUT2D eigenvalue weighted by molar-refractivity contribution is 5.95. The predicted octanol–water partition coefficient (Wildman–Crippen LogP) is 2.98. The molecule has 0 saturated carbocycles. The van der Waals surface area contributed by atoms with E-state index in [2.05, 4.69) is 22.1 Å². The van der Waals surface area contributed by atoms with E-state index in [1.54, 1.807) is 6.07 Å². The summed E-state index contributed by atoms with van der Waals surface area (Å²) < 4.78 is 0. The Hall–Kier alpha value is -2.67. The first-order valence-corrected chi connectivity index (χ1v) is 11.0. The van der Waals surface area contributed by atoms with E-state index in [-0.39, 0.29) is 17.5 Å². The number of benzene rings is 1. The van der Waals surface area contributed by atoms with Crippen molar-refractivity contribution in [3.8, 4) is 0 Å². The van der Waals surface area contributed by atoms with Gasteiger partial charge < -0.3 is 15.1 Å². The first-order chi connectivity index (χ1) is 14.5. The van der Waals surface area contributed by atoms with Crippen molar-refractivity contribution in [2.45, 2.75) is 52.1 Å². The standard InChI is InChI=1S/C23H31N5O2/c1-16-9-12-27(13-10-16)23-25-20(14-21(29)26-23)17(2)24-15-18-5-7-19(8-6-18)28-11-3-4-22(28)30/h5-8,14,16-17,24H,3-4,9-13,15H2,1-2H3,(H,25,26,29). The molecule has 2 N–H and O–H groups in total. The molecule has 2 aliphatic heterocycles. The van der Waals surface area contributed by atoms with Gasteiger partial charge in [0.1, 0.15) is 0 Å². The second-order valence-electron chi connectivity index (χ2n) is 8.58. The van der Waals surface area contributed by atoms with Crippen LogP contribution in [0.15, 0.2) is 35.1 Å². The van der Waals surface area contributed by atoms with E-state index in [0.29, 0.717) is 18.9 Å². The molecule has 7 heteroatoms. The zero-order valence-corrected chi connectivity index (χ0v) is 17.9. The van der Waals surface area contributed by atoms with Crippen LogP contribution in [0, 0.1) is 5.92 Å². The number of rotatable bonds is 6. The molecule has 160 valence electrons. The summed E-state index contributed by atoms with van der Waals surface area (Å²) in [6, 6.07) is 9.64. The van der Waals surface area contributed by atoms with Crippen LogP contribution in [0.25, 0.3) is 0 Å². The number of nitrogens with one attached hydrogen (secondary N) is 2. The maximum atomic E-state index is 12.2. The highest BCUT2D eigenvalue weighted by Gasteiger charge is 2.22. The maximum Gasteiger partial charge on any atom is 0.252 e. The van der Waals surface area contributed by atoms with Crippen molar-refractivity contribution in [3.63, 3.8) is 0 Å². The smallest absolute Gasteiger partial charge is 0.252 e. The van der Waals surface area contributed by atoms with Gasteiger partial charge in [0.2, 0.25) is 11.9 Å². The predicted molar refractivity (Wildman–Crippen MR) is 119 cm³/mol. The summed E-state index contributed by atoms with van der Waals surface area (Å²) in [6.45, 7) is 7.63. The Labute approximate surface area is 177 Å². The summed E-state index contributed by atoms with van der Waals surface area (Å²) in [4.78, 5) is 35.8. The maximum absolute atomic E-state index is 12.2. The minimum absolute atomic E-state index is 0.0467. The summed E-state index contributed by atoms with van der Waals surface area (Å²) in [7, 11) is 0. The lowest BCUT2D eigenvalue weighted by molar-refractivity contribution is -0.117. The van der Waals surface area contributed by atoms with Gasteiger partial charge in [-0.2, -0.15) is 0 Å². The van der Waals surface area contributed by atoms with E-state index in [1.807, 2.05) is 36.1 Å². The van der Waals surface area contributed by atoms with Gasteiger partial charge in [0.25, 0.3) is 5.56 Å². The van der Waals surface area contributed by atoms with Gasteiger partial charge in [-0.15, -0.1) is 0 Å². The third-order valence-corrected chi connectivity index (χ3v) is 6.21. The van der Waals surface area contributed by atoms with Crippen LogP contribution in [0.2, 0.25) is 0 Å². The third kappa shape index (κ3) is 4.73. The lowest BCUT2D eigenvalue weighted by atomic mass is 10.00. The average molecular weight is 410 g/mol. The average Bonchev–Trinajstić information content (AvgIpc) is 3.18. The number of carbonyl (C=O) groups is 1. The van der Waals surface area contributed by atoms with E-state index >= 15 is 0 Å². The van der Waals surface area contributed by atoms with E-state index < -0.39 is 0 Å². The number of piperidine rings is 1. The lowest BCUT2D eigenvalue weighted by Gasteiger charge is -2.31. The van der Waals surface area contributed by atoms with Crippen LogP contribution in [0.3, 0.4) is 0 Å². The molecule has 1 aromatic carbocycles. The van der Waals surface area contributed by atoms with Crippen molar-refractivity contribution in [3.05, 3.63) is 51.9 Å². The van der Waals surface area contributed by atoms with Crippen LogP contribution >= 0.6 is 0 Å². The van der Waals surface area contributed by atoms with Gasteiger partial charge in [0, 0.05) is 50.4 Å². The number of hydrogen-bond donors (Lipinski definition) is 2. The fourth-order valence-corrected chi connectivity index (χ4v) is 4.15. The monoisotopic (exact) mass is 409 g/mol. The highest BCUT2D eigenvalue weighted by atomic mass is 16.2. The number of aromatic amines is 1. The first-order valence-electron chi connectivity index (χ1n) is 11.0. The summed E-state index contributed by atoms with van der Waals surface area (Å²) in [6.07, 6.45) is 3.82. The molecule has 2 aliphatic rings. The Morgan fingerprint density at radius 1 is 1.17 bits per heavy atom. The number of aromatic nitrogens is 2. The number of amides is 1. The summed E-state index contributed by atoms with van der Waals surface area (Å²) in [5, 5.41) is 3.46. The van der Waals surface area contributed by atoms with Crippen LogP contribution in [0.5, 0.6) is 0 Å². The first kappa shape index (κ1) is 20.6. The number of nitrogens with zero attached hydrogens (tertiary/aromatic N) is 3. The summed E-state index contributed by atoms with van der Waals surface area (Å²) in [5.74, 6) is 1.61. The van der Waals surface area contributed by atoms with Gasteiger partial charge in [-0.05, 0) is 49.8 Å². The molecule has 1 unspecified atom stereocenters. The van der Waals surface area contributed by atoms with Crippen molar-refractivity contribution in [1.82, 2.24) is 15.3 Å². The van der Waals surface area contributed by atoms with Crippen molar-refractivity contribution in [2.24, 2.45) is 5.92 Å². The Morgan fingerprint density at radius 3 is 2.57 bits per heavy atom. The largest absolute Gasteiger partial charge is 0.342 e. The minimum atomic E-state index is -0.109. The van der Waals surface area contributed by atoms with Crippen LogP contribution in [-0.4, -0.2) is 35.5 Å². The van der Waals surface area contributed by atoms with E-state index in [9.17, 15) is 9.59 Å². The van der Waals surface area contributed by atoms with Gasteiger partial charge in [-0.25, -0.2) is 4.98 Å². The molecular weight excluding hydrogens is 378 g/mol. The molecule has 0 radical (unpaired) electrons. The lowest BCUT2D eigenvalue weighted by Crippen LogP contribution is -2.35. The molecule has 30 heavy (non-hydrogen) atoms. The van der Waals surface area contributed by atoms with Crippen LogP contribution in [0.1, 0.15) is 56.8 Å². The zero-order valence-electron chi connectivity index (χ0n) is 17.9. The van der Waals surface area contributed by atoms with Crippen molar-refractivity contribution in [1.29, 1.82) is 0 Å². The molecule has 1 atom stereocenters. The Morgan fingerprint density at radius 2 is 1.90 bits per heavy atom. The normalized spacial score (nSPS) is 18.8. The molecule has 1 amide bonds. The van der Waals surface area contributed by atoms with Crippen molar-refractivity contribution < 1.29 is 4.79 Å². The second kappa shape index (κ2) is 9.00. The number of anilines is 2. The van der Waals surface area contributed by atoms with Gasteiger partial charge in [-0.3, -0.25) is 14.6 Å². The molecule has 4 rings (SSSR count). The van der Waals surface area contributed by atoms with Crippen LogP contribution in [0.4, 0.5) is 11.6 Å². The molecule has 2 aromatic rings. The SMILES string of the molecule is CC1CCN(c2nc(C(C)NCc3ccc(N4CCCC4=O)cc3)cc(=O)[nH]2)CC1. The van der Waals surface area contributed by atoms with E-state index in [1.165, 1.54) is 0 Å². The minimum Gasteiger partial charge on any atom is -0.342 e. The molecule has 3 heterocycles. The van der Waals surface area contributed by atoms with Crippen LogP contribution < -0.4 is 20.7 Å². The second-order valence-corrected chi connectivity index (χ2v) is 8.58. The molecule has 2 saturated heterocycles. The van der Waals surface area contributed by atoms with Crippen molar-refractivity contribution >= 4 is 17.5 Å². The summed E-state index contributed by atoms with van der Waals surface area (Å²) in [5.41, 5.74) is 2.74.